The van der Waals surface area contributed by atoms with E-state index in [1.165, 1.54) is 22.4 Å². The Bertz CT molecular complexity index is 1180. The van der Waals surface area contributed by atoms with E-state index in [1.807, 2.05) is 36.4 Å². The monoisotopic (exact) mass is 462 g/mol. The summed E-state index contributed by atoms with van der Waals surface area (Å²) < 4.78 is 3.22. The molecule has 1 atom stereocenters. The van der Waals surface area contributed by atoms with Gasteiger partial charge in [-0.25, -0.2) is 10.2 Å². The SMILES string of the molecule is Cn1c(=O)[nH]c(=O)c2c1nc(NN=CC(Br)=Cc1ccccc1)n2CC(O)CO. The lowest BCUT2D eigenvalue weighted by molar-refractivity contribution is 0.0825. The molecule has 0 aliphatic carbocycles. The average molecular weight is 463 g/mol. The highest BCUT2D eigenvalue weighted by molar-refractivity contribution is 9.12. The van der Waals surface area contributed by atoms with Crippen LogP contribution in [0.3, 0.4) is 0 Å². The molecule has 0 saturated carbocycles. The van der Waals surface area contributed by atoms with Gasteiger partial charge in [-0.3, -0.25) is 14.3 Å². The molecule has 11 heteroatoms. The summed E-state index contributed by atoms with van der Waals surface area (Å²) in [6, 6.07) is 9.62. The highest BCUT2D eigenvalue weighted by Crippen LogP contribution is 2.16. The third-order valence-corrected chi connectivity index (χ3v) is 4.50. The van der Waals surface area contributed by atoms with E-state index in [0.29, 0.717) is 4.48 Å². The van der Waals surface area contributed by atoms with Crippen LogP contribution in [0.4, 0.5) is 5.95 Å². The lowest BCUT2D eigenvalue weighted by atomic mass is 10.2. The van der Waals surface area contributed by atoms with Gasteiger partial charge in [-0.2, -0.15) is 10.1 Å². The molecule has 0 spiro atoms. The van der Waals surface area contributed by atoms with Crippen LogP contribution in [0.15, 0.2) is 49.5 Å². The van der Waals surface area contributed by atoms with Crippen molar-refractivity contribution in [1.82, 2.24) is 19.1 Å². The smallest absolute Gasteiger partial charge is 0.329 e. The van der Waals surface area contributed by atoms with Crippen molar-refractivity contribution in [2.24, 2.45) is 12.1 Å². The fraction of sp³-hybridized carbons (Fsp3) is 0.222. The summed E-state index contributed by atoms with van der Waals surface area (Å²) in [7, 11) is 1.46. The molecule has 0 radical (unpaired) electrons. The molecule has 0 amide bonds. The van der Waals surface area contributed by atoms with Crippen LogP contribution in [-0.4, -0.2) is 48.2 Å². The Kier molecular flexibility index (Phi) is 6.42. The Balaban J connectivity index is 1.96. The number of aryl methyl sites for hydroxylation is 1. The van der Waals surface area contributed by atoms with Crippen LogP contribution >= 0.6 is 15.9 Å². The lowest BCUT2D eigenvalue weighted by Crippen LogP contribution is -2.30. The minimum Gasteiger partial charge on any atom is -0.394 e. The van der Waals surface area contributed by atoms with Gasteiger partial charge in [0.15, 0.2) is 11.2 Å². The molecule has 1 aromatic carbocycles. The minimum atomic E-state index is -1.13. The number of aliphatic hydroxyl groups is 2. The second kappa shape index (κ2) is 8.99. The standard InChI is InChI=1S/C18H19BrN6O4/c1-24-15-14(16(28)22-18(24)29)25(9-13(27)10-26)17(21-15)23-20-8-12(19)7-11-5-3-2-4-6-11/h2-8,13,26-27H,9-10H2,1H3,(H,21,23)(H,22,28,29). The summed E-state index contributed by atoms with van der Waals surface area (Å²) in [6.07, 6.45) is 2.24. The zero-order valence-electron chi connectivity index (χ0n) is 15.4. The molecular weight excluding hydrogens is 444 g/mol. The average Bonchev–Trinajstić information content (AvgIpc) is 3.05. The number of allylic oxidation sites excluding steroid dienone is 1. The van der Waals surface area contributed by atoms with Crippen molar-refractivity contribution in [1.29, 1.82) is 0 Å². The van der Waals surface area contributed by atoms with Crippen LogP contribution in [0.1, 0.15) is 5.56 Å². The van der Waals surface area contributed by atoms with E-state index in [9.17, 15) is 14.7 Å². The van der Waals surface area contributed by atoms with Gasteiger partial charge in [0.25, 0.3) is 5.56 Å². The van der Waals surface area contributed by atoms with Crippen LogP contribution in [0, 0.1) is 0 Å². The van der Waals surface area contributed by atoms with Gasteiger partial charge in [-0.15, -0.1) is 0 Å². The number of aliphatic hydroxyl groups excluding tert-OH is 2. The van der Waals surface area contributed by atoms with Gasteiger partial charge in [0.1, 0.15) is 0 Å². The lowest BCUT2D eigenvalue weighted by Gasteiger charge is -2.11. The van der Waals surface area contributed by atoms with Crippen LogP contribution in [-0.2, 0) is 13.6 Å². The van der Waals surface area contributed by atoms with E-state index in [0.717, 1.165) is 5.56 Å². The summed E-state index contributed by atoms with van der Waals surface area (Å²) >= 11 is 3.40. The maximum Gasteiger partial charge on any atom is 0.329 e. The third kappa shape index (κ3) is 4.70. The Morgan fingerprint density at radius 3 is 2.79 bits per heavy atom. The van der Waals surface area contributed by atoms with E-state index in [2.05, 4.69) is 36.4 Å². The number of nitrogens with one attached hydrogen (secondary N) is 2. The predicted molar refractivity (Wildman–Crippen MR) is 114 cm³/mol. The predicted octanol–water partition coefficient (Wildman–Crippen LogP) is 0.610. The van der Waals surface area contributed by atoms with E-state index >= 15 is 0 Å². The number of imidazole rings is 1. The van der Waals surface area contributed by atoms with E-state index in [4.69, 9.17) is 5.11 Å². The van der Waals surface area contributed by atoms with Gasteiger partial charge in [0.05, 0.1) is 25.5 Å². The van der Waals surface area contributed by atoms with Gasteiger partial charge in [0, 0.05) is 11.5 Å². The molecule has 0 saturated heterocycles. The van der Waals surface area contributed by atoms with Crippen LogP contribution in [0.25, 0.3) is 17.2 Å². The van der Waals surface area contributed by atoms with Gasteiger partial charge in [0.2, 0.25) is 5.95 Å². The molecule has 3 aromatic rings. The third-order valence-electron chi connectivity index (χ3n) is 4.07. The van der Waals surface area contributed by atoms with Crippen molar-refractivity contribution in [2.75, 3.05) is 12.0 Å². The number of fused-ring (bicyclic) bond motifs is 1. The number of nitrogens with zero attached hydrogens (tertiary/aromatic N) is 4. The summed E-state index contributed by atoms with van der Waals surface area (Å²) in [5.41, 5.74) is 2.63. The van der Waals surface area contributed by atoms with Crippen LogP contribution < -0.4 is 16.7 Å². The number of rotatable bonds is 7. The number of benzene rings is 1. The van der Waals surface area contributed by atoms with Crippen LogP contribution in [0.2, 0.25) is 0 Å². The molecule has 3 rings (SSSR count). The first-order chi connectivity index (χ1) is 13.9. The largest absolute Gasteiger partial charge is 0.394 e. The van der Waals surface area contributed by atoms with Crippen molar-refractivity contribution >= 4 is 45.3 Å². The molecule has 1 unspecified atom stereocenters. The molecule has 152 valence electrons. The number of anilines is 1. The molecule has 0 bridgehead atoms. The highest BCUT2D eigenvalue weighted by Gasteiger charge is 2.19. The van der Waals surface area contributed by atoms with Crippen molar-refractivity contribution < 1.29 is 10.2 Å². The normalized spacial score (nSPS) is 13.3. The summed E-state index contributed by atoms with van der Waals surface area (Å²) in [5.74, 6) is 0.135. The first-order valence-corrected chi connectivity index (χ1v) is 9.39. The summed E-state index contributed by atoms with van der Waals surface area (Å²) in [4.78, 5) is 30.6. The number of halogens is 1. The molecule has 10 nitrogen and oxygen atoms in total. The topological polar surface area (TPSA) is 138 Å². The zero-order chi connectivity index (χ0) is 21.0. The number of hydrazone groups is 1. The Morgan fingerprint density at radius 2 is 2.10 bits per heavy atom. The molecule has 0 fully saturated rings. The Labute approximate surface area is 173 Å². The minimum absolute atomic E-state index is 0.0798. The van der Waals surface area contributed by atoms with Gasteiger partial charge in [-0.05, 0) is 27.6 Å². The highest BCUT2D eigenvalue weighted by atomic mass is 79.9. The maximum absolute atomic E-state index is 12.3. The number of hydrogen-bond acceptors (Lipinski definition) is 7. The molecule has 29 heavy (non-hydrogen) atoms. The first-order valence-electron chi connectivity index (χ1n) is 8.60. The van der Waals surface area contributed by atoms with Crippen molar-refractivity contribution in [3.8, 4) is 0 Å². The molecular formula is C18H19BrN6O4. The molecule has 2 heterocycles. The summed E-state index contributed by atoms with van der Waals surface area (Å²) in [6.45, 7) is -0.620. The fourth-order valence-electron chi connectivity index (χ4n) is 2.66. The molecule has 0 aliphatic rings. The maximum atomic E-state index is 12.3. The van der Waals surface area contributed by atoms with Gasteiger partial charge < -0.3 is 14.8 Å². The number of hydrogen-bond donors (Lipinski definition) is 4. The fourth-order valence-corrected chi connectivity index (χ4v) is 3.03. The van der Waals surface area contributed by atoms with E-state index in [1.54, 1.807) is 0 Å². The second-order valence-corrected chi connectivity index (χ2v) is 7.10. The Morgan fingerprint density at radius 1 is 1.38 bits per heavy atom. The molecule has 4 N–H and O–H groups in total. The van der Waals surface area contributed by atoms with Gasteiger partial charge >= 0.3 is 5.69 Å². The zero-order valence-corrected chi connectivity index (χ0v) is 17.0. The summed E-state index contributed by atoms with van der Waals surface area (Å²) in [5, 5.41) is 23.1. The van der Waals surface area contributed by atoms with Gasteiger partial charge in [-0.1, -0.05) is 30.3 Å². The van der Waals surface area contributed by atoms with Crippen LogP contribution in [0.5, 0.6) is 0 Å². The number of aromatic nitrogens is 4. The number of H-pyrrole nitrogens is 1. The first kappa shape index (κ1) is 20.7. The molecule has 0 aliphatic heterocycles. The quantitative estimate of drug-likeness (QED) is 0.299. The molecule has 2 aromatic heterocycles. The van der Waals surface area contributed by atoms with Crippen molar-refractivity contribution in [3.05, 3.63) is 61.2 Å². The van der Waals surface area contributed by atoms with Crippen molar-refractivity contribution in [3.63, 3.8) is 0 Å². The second-order valence-electron chi connectivity index (χ2n) is 6.18. The number of aromatic amines is 1. The van der Waals surface area contributed by atoms with E-state index in [-0.39, 0.29) is 23.7 Å². The van der Waals surface area contributed by atoms with E-state index < -0.39 is 24.0 Å². The van der Waals surface area contributed by atoms with Crippen molar-refractivity contribution in [2.45, 2.75) is 12.6 Å². The Hall–Kier alpha value is -3.02.